The number of aliphatic imine (C=N–C) groups is 1. The Bertz CT molecular complexity index is 560. The summed E-state index contributed by atoms with van der Waals surface area (Å²) in [6, 6.07) is 10.9. The minimum Gasteiger partial charge on any atom is -0.349 e. The van der Waals surface area contributed by atoms with Gasteiger partial charge in [-0.25, -0.2) is 0 Å². The summed E-state index contributed by atoms with van der Waals surface area (Å²) in [7, 11) is 4.23. The molecule has 0 aliphatic carbocycles. The fourth-order valence-electron chi connectivity index (χ4n) is 4.39. The predicted molar refractivity (Wildman–Crippen MR) is 117 cm³/mol. The molecule has 2 heterocycles. The molecular weight excluding hydrogens is 423 g/mol. The number of halogens is 1. The molecule has 0 saturated carbocycles. The van der Waals surface area contributed by atoms with Gasteiger partial charge in [0.1, 0.15) is 0 Å². The maximum absolute atomic E-state index is 4.73. The second-order valence-electron chi connectivity index (χ2n) is 7.64. The van der Waals surface area contributed by atoms with E-state index >= 15 is 0 Å². The second-order valence-corrected chi connectivity index (χ2v) is 7.64. The summed E-state index contributed by atoms with van der Waals surface area (Å²) in [6.45, 7) is 8.85. The van der Waals surface area contributed by atoms with Crippen LogP contribution < -0.4 is 0 Å². The van der Waals surface area contributed by atoms with Gasteiger partial charge in [0.15, 0.2) is 5.96 Å². The van der Waals surface area contributed by atoms with Crippen molar-refractivity contribution in [2.75, 3.05) is 46.8 Å². The lowest BCUT2D eigenvalue weighted by Gasteiger charge is -2.41. The number of hydrogen-bond acceptors (Lipinski definition) is 2. The van der Waals surface area contributed by atoms with E-state index in [1.807, 2.05) is 0 Å². The topological polar surface area (TPSA) is 22.1 Å². The molecule has 4 nitrogen and oxygen atoms in total. The number of benzene rings is 1. The minimum atomic E-state index is 0. The molecule has 1 atom stereocenters. The fraction of sp³-hybridized carbons (Fsp3) is 0.650. The minimum absolute atomic E-state index is 0. The Labute approximate surface area is 170 Å². The molecule has 0 bridgehead atoms. The molecule has 1 aromatic carbocycles. The van der Waals surface area contributed by atoms with Crippen molar-refractivity contribution in [1.82, 2.24) is 14.7 Å². The first-order chi connectivity index (χ1) is 11.6. The summed E-state index contributed by atoms with van der Waals surface area (Å²) < 4.78 is 0. The summed E-state index contributed by atoms with van der Waals surface area (Å²) in [5.74, 6) is 1.16. The van der Waals surface area contributed by atoms with Crippen molar-refractivity contribution in [3.05, 3.63) is 35.9 Å². The van der Waals surface area contributed by atoms with Crippen LogP contribution in [0.15, 0.2) is 35.3 Å². The molecule has 140 valence electrons. The average molecular weight is 456 g/mol. The first-order valence-electron chi connectivity index (χ1n) is 9.35. The maximum atomic E-state index is 4.73. The molecule has 1 spiro atoms. The van der Waals surface area contributed by atoms with Crippen LogP contribution in [0, 0.1) is 5.41 Å². The molecule has 5 heteroatoms. The van der Waals surface area contributed by atoms with E-state index in [2.05, 4.69) is 66.1 Å². The van der Waals surface area contributed by atoms with Crippen LogP contribution in [-0.4, -0.2) is 67.5 Å². The number of guanidine groups is 1. The molecule has 25 heavy (non-hydrogen) atoms. The van der Waals surface area contributed by atoms with E-state index in [1.54, 1.807) is 0 Å². The van der Waals surface area contributed by atoms with E-state index in [-0.39, 0.29) is 24.0 Å². The molecule has 0 N–H and O–H groups in total. The standard InChI is InChI=1S/C20H32N4.HI/c1-4-21-19(22(2)3)24-14-12-20(17-24)11-8-13-23(16-20)15-18-9-6-5-7-10-18;/h5-7,9-10H,4,8,11-17H2,1-3H3;1H. The molecular formula is C20H33IN4. The van der Waals surface area contributed by atoms with Crippen molar-refractivity contribution in [1.29, 1.82) is 0 Å². The van der Waals surface area contributed by atoms with Gasteiger partial charge < -0.3 is 9.80 Å². The van der Waals surface area contributed by atoms with Gasteiger partial charge >= 0.3 is 0 Å². The molecule has 2 aliphatic rings. The molecule has 2 aliphatic heterocycles. The van der Waals surface area contributed by atoms with Crippen molar-refractivity contribution < 1.29 is 0 Å². The van der Waals surface area contributed by atoms with E-state index < -0.39 is 0 Å². The Kier molecular flexibility index (Phi) is 7.55. The highest BCUT2D eigenvalue weighted by Gasteiger charge is 2.42. The Morgan fingerprint density at radius 2 is 1.88 bits per heavy atom. The van der Waals surface area contributed by atoms with E-state index in [1.165, 1.54) is 37.9 Å². The third kappa shape index (κ3) is 5.09. The summed E-state index contributed by atoms with van der Waals surface area (Å²) in [6.07, 6.45) is 3.99. The third-order valence-corrected chi connectivity index (χ3v) is 5.41. The molecule has 1 aromatic rings. The van der Waals surface area contributed by atoms with Gasteiger partial charge in [0, 0.05) is 52.2 Å². The van der Waals surface area contributed by atoms with E-state index in [9.17, 15) is 0 Å². The SMILES string of the molecule is CCN=C(N(C)C)N1CCC2(CCCN(Cc3ccccc3)C2)C1.I. The number of piperidine rings is 1. The van der Waals surface area contributed by atoms with E-state index in [0.29, 0.717) is 5.41 Å². The van der Waals surface area contributed by atoms with Crippen LogP contribution in [0.3, 0.4) is 0 Å². The average Bonchev–Trinajstić information content (AvgIpc) is 2.96. The van der Waals surface area contributed by atoms with Gasteiger partial charge in [0.2, 0.25) is 0 Å². The van der Waals surface area contributed by atoms with Gasteiger partial charge in [-0.3, -0.25) is 9.89 Å². The van der Waals surface area contributed by atoms with Crippen molar-refractivity contribution in [2.45, 2.75) is 32.7 Å². The largest absolute Gasteiger partial charge is 0.349 e. The first kappa shape index (κ1) is 20.5. The summed E-state index contributed by atoms with van der Waals surface area (Å²) in [5, 5.41) is 0. The quantitative estimate of drug-likeness (QED) is 0.395. The number of likely N-dealkylation sites (tertiary alicyclic amines) is 2. The Morgan fingerprint density at radius 1 is 1.12 bits per heavy atom. The van der Waals surface area contributed by atoms with Crippen LogP contribution in [0.4, 0.5) is 0 Å². The van der Waals surface area contributed by atoms with Crippen LogP contribution in [0.25, 0.3) is 0 Å². The zero-order valence-electron chi connectivity index (χ0n) is 15.9. The monoisotopic (exact) mass is 456 g/mol. The maximum Gasteiger partial charge on any atom is 0.196 e. The predicted octanol–water partition coefficient (Wildman–Crippen LogP) is 3.53. The number of nitrogens with zero attached hydrogens (tertiary/aromatic N) is 4. The number of hydrogen-bond donors (Lipinski definition) is 0. The summed E-state index contributed by atoms with van der Waals surface area (Å²) in [5.41, 5.74) is 1.89. The molecule has 2 fully saturated rings. The molecule has 3 rings (SSSR count). The Morgan fingerprint density at radius 3 is 2.56 bits per heavy atom. The highest BCUT2D eigenvalue weighted by Crippen LogP contribution is 2.39. The summed E-state index contributed by atoms with van der Waals surface area (Å²) in [4.78, 5) is 12.1. The van der Waals surface area contributed by atoms with Crippen molar-refractivity contribution in [3.63, 3.8) is 0 Å². The second kappa shape index (κ2) is 9.21. The lowest BCUT2D eigenvalue weighted by Crippen LogP contribution is -2.46. The van der Waals surface area contributed by atoms with Crippen molar-refractivity contribution >= 4 is 29.9 Å². The highest BCUT2D eigenvalue weighted by molar-refractivity contribution is 14.0. The van der Waals surface area contributed by atoms with Gasteiger partial charge in [-0.1, -0.05) is 30.3 Å². The Balaban J connectivity index is 0.00000225. The normalized spacial score (nSPS) is 24.4. The van der Waals surface area contributed by atoms with Gasteiger partial charge in [0.25, 0.3) is 0 Å². The smallest absolute Gasteiger partial charge is 0.196 e. The summed E-state index contributed by atoms with van der Waals surface area (Å²) >= 11 is 0. The van der Waals surface area contributed by atoms with Crippen molar-refractivity contribution in [2.24, 2.45) is 10.4 Å². The molecule has 0 radical (unpaired) electrons. The van der Waals surface area contributed by atoms with Gasteiger partial charge in [-0.2, -0.15) is 0 Å². The molecule has 0 aromatic heterocycles. The van der Waals surface area contributed by atoms with Crippen LogP contribution in [0.1, 0.15) is 31.7 Å². The lowest BCUT2D eigenvalue weighted by molar-refractivity contribution is 0.0921. The number of rotatable bonds is 3. The van der Waals surface area contributed by atoms with E-state index in [0.717, 1.165) is 32.1 Å². The fourth-order valence-corrected chi connectivity index (χ4v) is 4.39. The van der Waals surface area contributed by atoms with Crippen LogP contribution >= 0.6 is 24.0 Å². The molecule has 0 amide bonds. The first-order valence-corrected chi connectivity index (χ1v) is 9.35. The zero-order valence-corrected chi connectivity index (χ0v) is 18.3. The van der Waals surface area contributed by atoms with Crippen LogP contribution in [-0.2, 0) is 6.54 Å². The highest BCUT2D eigenvalue weighted by atomic mass is 127. The van der Waals surface area contributed by atoms with Gasteiger partial charge in [-0.15, -0.1) is 24.0 Å². The third-order valence-electron chi connectivity index (χ3n) is 5.41. The molecule has 2 saturated heterocycles. The van der Waals surface area contributed by atoms with Crippen LogP contribution in [0.2, 0.25) is 0 Å². The van der Waals surface area contributed by atoms with Crippen LogP contribution in [0.5, 0.6) is 0 Å². The molecule has 1 unspecified atom stereocenters. The van der Waals surface area contributed by atoms with Crippen molar-refractivity contribution in [3.8, 4) is 0 Å². The Hall–Kier alpha value is -0.820. The lowest BCUT2D eigenvalue weighted by atomic mass is 9.79. The van der Waals surface area contributed by atoms with Gasteiger partial charge in [-0.05, 0) is 38.3 Å². The van der Waals surface area contributed by atoms with Gasteiger partial charge in [0.05, 0.1) is 0 Å². The van der Waals surface area contributed by atoms with E-state index in [4.69, 9.17) is 4.99 Å². The zero-order chi connectivity index (χ0) is 17.0.